The van der Waals surface area contributed by atoms with Gasteiger partial charge in [-0.25, -0.2) is 4.57 Å². The lowest BCUT2D eigenvalue weighted by Crippen LogP contribution is -2.43. The molecule has 0 fully saturated rings. The van der Waals surface area contributed by atoms with Crippen molar-refractivity contribution in [2.45, 2.75) is 19.4 Å². The molecule has 0 atom stereocenters. The highest BCUT2D eigenvalue weighted by molar-refractivity contribution is 8.54. The molecule has 0 aromatic heterocycles. The fraction of sp³-hybridized carbons (Fsp3) is 0.833. The van der Waals surface area contributed by atoms with Gasteiger partial charge in [0.2, 0.25) is 0 Å². The van der Waals surface area contributed by atoms with Crippen LogP contribution < -0.4 is 5.73 Å². The number of carbonyl (C=O) groups is 1. The highest BCUT2D eigenvalue weighted by Gasteiger charge is 2.23. The number of ether oxygens (including phenoxy) is 1. The molecule has 0 aromatic carbocycles. The van der Waals surface area contributed by atoms with Crippen LogP contribution in [0.25, 0.3) is 0 Å². The van der Waals surface area contributed by atoms with Crippen LogP contribution in [0.1, 0.15) is 13.8 Å². The summed E-state index contributed by atoms with van der Waals surface area (Å²) in [6, 6.07) is 0. The smallest absolute Gasteiger partial charge is 0.384 e. The Balaban J connectivity index is 3.67. The molecule has 0 rings (SSSR count). The maximum atomic E-state index is 11.0. The van der Waals surface area contributed by atoms with Gasteiger partial charge in [0.1, 0.15) is 12.1 Å². The molecule has 0 radical (unpaired) electrons. The lowest BCUT2D eigenvalue weighted by atomic mass is 10.1. The summed E-state index contributed by atoms with van der Waals surface area (Å²) in [7, 11) is 0. The molecular formula is C6H14NO5PS. The van der Waals surface area contributed by atoms with Crippen LogP contribution in [0.4, 0.5) is 0 Å². The van der Waals surface area contributed by atoms with Gasteiger partial charge in [-0.05, 0) is 25.2 Å². The SMILES string of the molecule is CC(C)(N)C(=O)OCCSP(=O)(O)O. The van der Waals surface area contributed by atoms with E-state index >= 15 is 0 Å². The number of nitrogens with two attached hydrogens (primary N) is 1. The van der Waals surface area contributed by atoms with Crippen molar-refractivity contribution in [3.05, 3.63) is 0 Å². The molecule has 0 aromatic rings. The van der Waals surface area contributed by atoms with Gasteiger partial charge in [-0.3, -0.25) is 4.79 Å². The van der Waals surface area contributed by atoms with Crippen LogP contribution in [0.15, 0.2) is 0 Å². The van der Waals surface area contributed by atoms with Gasteiger partial charge in [-0.1, -0.05) is 0 Å². The van der Waals surface area contributed by atoms with E-state index < -0.39 is 18.3 Å². The predicted octanol–water partition coefficient (Wildman–Crippen LogP) is 0.0928. The molecule has 14 heavy (non-hydrogen) atoms. The Kier molecular flexibility index (Phi) is 5.11. The number of hydrogen-bond donors (Lipinski definition) is 3. The molecule has 4 N–H and O–H groups in total. The standard InChI is InChI=1S/C6H14NO5PS/c1-6(2,7)5(8)12-3-4-14-13(9,10)11/h3-4,7H2,1-2H3,(H2,9,10,11). The van der Waals surface area contributed by atoms with Gasteiger partial charge in [0.25, 0.3) is 0 Å². The Bertz CT molecular complexity index is 245. The minimum absolute atomic E-state index is 0.0477. The topological polar surface area (TPSA) is 110 Å². The fourth-order valence-corrected chi connectivity index (χ4v) is 1.81. The van der Waals surface area contributed by atoms with Gasteiger partial charge in [0.15, 0.2) is 0 Å². The number of esters is 1. The fourth-order valence-electron chi connectivity index (χ4n) is 0.477. The third-order valence-electron chi connectivity index (χ3n) is 1.10. The van der Waals surface area contributed by atoms with Crippen LogP contribution in [0.2, 0.25) is 0 Å². The molecule has 0 unspecified atom stereocenters. The molecule has 0 aliphatic rings. The van der Waals surface area contributed by atoms with Crippen molar-refractivity contribution in [1.29, 1.82) is 0 Å². The summed E-state index contributed by atoms with van der Waals surface area (Å²) in [4.78, 5) is 27.9. The van der Waals surface area contributed by atoms with Crippen LogP contribution in [0, 0.1) is 0 Å². The highest BCUT2D eigenvalue weighted by atomic mass is 32.7. The molecular weight excluding hydrogens is 229 g/mol. The van der Waals surface area contributed by atoms with E-state index in [-0.39, 0.29) is 12.4 Å². The molecule has 0 amide bonds. The van der Waals surface area contributed by atoms with E-state index in [2.05, 4.69) is 4.74 Å². The Labute approximate surface area is 86.1 Å². The van der Waals surface area contributed by atoms with Crippen LogP contribution in [0.5, 0.6) is 0 Å². The highest BCUT2D eigenvalue weighted by Crippen LogP contribution is 2.49. The van der Waals surface area contributed by atoms with Crippen molar-refractivity contribution < 1.29 is 23.9 Å². The summed E-state index contributed by atoms with van der Waals surface area (Å²) < 4.78 is 15.0. The van der Waals surface area contributed by atoms with E-state index in [0.717, 1.165) is 0 Å². The third-order valence-corrected chi connectivity index (χ3v) is 3.34. The molecule has 0 aliphatic carbocycles. The minimum atomic E-state index is -4.07. The van der Waals surface area contributed by atoms with Crippen LogP contribution in [-0.4, -0.2) is 33.7 Å². The van der Waals surface area contributed by atoms with Crippen molar-refractivity contribution in [2.24, 2.45) is 5.73 Å². The summed E-state index contributed by atoms with van der Waals surface area (Å²) in [5.41, 5.74) is 4.34. The molecule has 0 saturated heterocycles. The normalized spacial score (nSPS) is 12.6. The zero-order valence-corrected chi connectivity index (χ0v) is 9.68. The largest absolute Gasteiger partial charge is 0.463 e. The molecule has 0 aliphatic heterocycles. The van der Waals surface area contributed by atoms with Gasteiger partial charge in [-0.2, -0.15) is 0 Å². The second kappa shape index (κ2) is 5.14. The van der Waals surface area contributed by atoms with E-state index in [0.29, 0.717) is 11.4 Å². The molecule has 0 saturated carbocycles. The second-order valence-electron chi connectivity index (χ2n) is 3.18. The zero-order chi connectivity index (χ0) is 11.4. The first-order valence-corrected chi connectivity index (χ1v) is 6.99. The monoisotopic (exact) mass is 243 g/mol. The number of carbonyl (C=O) groups excluding carboxylic acids is 1. The maximum Gasteiger partial charge on any atom is 0.384 e. The van der Waals surface area contributed by atoms with Crippen molar-refractivity contribution in [1.82, 2.24) is 0 Å². The van der Waals surface area contributed by atoms with Crippen molar-refractivity contribution in [2.75, 3.05) is 12.4 Å². The summed E-state index contributed by atoms with van der Waals surface area (Å²) in [5.74, 6) is -0.546. The van der Waals surface area contributed by atoms with E-state index in [9.17, 15) is 9.36 Å². The Hall–Kier alpha value is -0.0700. The summed E-state index contributed by atoms with van der Waals surface area (Å²) in [6.07, 6.45) is 0. The molecule has 0 bridgehead atoms. The van der Waals surface area contributed by atoms with Gasteiger partial charge >= 0.3 is 12.8 Å². The van der Waals surface area contributed by atoms with Crippen molar-refractivity contribution in [3.63, 3.8) is 0 Å². The Morgan fingerprint density at radius 1 is 1.57 bits per heavy atom. The lowest BCUT2D eigenvalue weighted by molar-refractivity contribution is -0.148. The van der Waals surface area contributed by atoms with E-state index in [4.69, 9.17) is 15.5 Å². The predicted molar refractivity (Wildman–Crippen MR) is 53.7 cm³/mol. The van der Waals surface area contributed by atoms with Gasteiger partial charge in [0, 0.05) is 5.75 Å². The quantitative estimate of drug-likeness (QED) is 0.356. The van der Waals surface area contributed by atoms with Gasteiger partial charge in [0.05, 0.1) is 0 Å². The van der Waals surface area contributed by atoms with Crippen LogP contribution in [-0.2, 0) is 14.1 Å². The summed E-state index contributed by atoms with van der Waals surface area (Å²) in [6.45, 7) is -1.15. The first-order valence-electron chi connectivity index (χ1n) is 3.79. The first-order chi connectivity index (χ1) is 6.13. The van der Waals surface area contributed by atoms with E-state index in [1.54, 1.807) is 0 Å². The van der Waals surface area contributed by atoms with E-state index in [1.165, 1.54) is 13.8 Å². The third kappa shape index (κ3) is 7.34. The lowest BCUT2D eigenvalue weighted by Gasteiger charge is -2.16. The maximum absolute atomic E-state index is 11.0. The zero-order valence-electron chi connectivity index (χ0n) is 7.97. The average molecular weight is 243 g/mol. The first kappa shape index (κ1) is 13.9. The number of rotatable bonds is 5. The average Bonchev–Trinajstić information content (AvgIpc) is 1.93. The van der Waals surface area contributed by atoms with Crippen LogP contribution >= 0.6 is 18.2 Å². The van der Waals surface area contributed by atoms with Gasteiger partial charge in [-0.15, -0.1) is 0 Å². The summed E-state index contributed by atoms with van der Waals surface area (Å²) >= 11 is 0.435. The summed E-state index contributed by atoms with van der Waals surface area (Å²) in [5, 5.41) is 0. The Morgan fingerprint density at radius 2 is 2.07 bits per heavy atom. The van der Waals surface area contributed by atoms with Crippen LogP contribution in [0.3, 0.4) is 0 Å². The molecule has 6 nitrogen and oxygen atoms in total. The Morgan fingerprint density at radius 3 is 2.43 bits per heavy atom. The molecule has 0 spiro atoms. The minimum Gasteiger partial charge on any atom is -0.463 e. The van der Waals surface area contributed by atoms with Crippen molar-refractivity contribution in [3.8, 4) is 0 Å². The second-order valence-corrected chi connectivity index (χ2v) is 7.03. The van der Waals surface area contributed by atoms with Crippen molar-refractivity contribution >= 4 is 24.1 Å². The van der Waals surface area contributed by atoms with Gasteiger partial charge < -0.3 is 20.3 Å². The van der Waals surface area contributed by atoms with E-state index in [1.807, 2.05) is 0 Å². The molecule has 0 heterocycles. The number of hydrogen-bond acceptors (Lipinski definition) is 5. The molecule has 84 valence electrons. The molecule has 8 heteroatoms.